The van der Waals surface area contributed by atoms with Crippen LogP contribution in [0.5, 0.6) is 0 Å². The summed E-state index contributed by atoms with van der Waals surface area (Å²) in [5.41, 5.74) is 19.4. The Hall–Kier alpha value is -8.98. The lowest BCUT2D eigenvalue weighted by atomic mass is 9.80. The largest absolute Gasteiger partial charge is 0.455 e. The number of hydrogen-bond acceptors (Lipinski definition) is 2. The van der Waals surface area contributed by atoms with Crippen molar-refractivity contribution in [1.82, 2.24) is 0 Å². The van der Waals surface area contributed by atoms with Crippen molar-refractivity contribution in [2.24, 2.45) is 0 Å². The first-order chi connectivity index (χ1) is 35.0. The van der Waals surface area contributed by atoms with Crippen LogP contribution in [0.2, 0.25) is 0 Å². The maximum absolute atomic E-state index is 7.36. The van der Waals surface area contributed by atoms with E-state index in [1.165, 1.54) is 88.0 Å². The van der Waals surface area contributed by atoms with Crippen LogP contribution in [-0.4, -0.2) is 0 Å². The molecule has 0 radical (unpaired) electrons. The summed E-state index contributed by atoms with van der Waals surface area (Å²) in [5, 5.41) is 9.79. The monoisotopic (exact) mass is 905 g/mol. The molecule has 1 aliphatic rings. The van der Waals surface area contributed by atoms with Gasteiger partial charge in [0.2, 0.25) is 0 Å². The highest BCUT2D eigenvalue weighted by Gasteiger charge is 2.39. The summed E-state index contributed by atoms with van der Waals surface area (Å²) >= 11 is 0. The highest BCUT2D eigenvalue weighted by molar-refractivity contribution is 6.22. The summed E-state index contributed by atoms with van der Waals surface area (Å²) in [5.74, 6) is 0. The van der Waals surface area contributed by atoms with Crippen molar-refractivity contribution in [1.29, 1.82) is 0 Å². The molecule has 0 amide bonds. The Morgan fingerprint density at radius 1 is 0.310 bits per heavy atom. The molecule has 0 bridgehead atoms. The number of anilines is 3. The molecule has 71 heavy (non-hydrogen) atoms. The van der Waals surface area contributed by atoms with E-state index < -0.39 is 0 Å². The predicted octanol–water partition coefficient (Wildman–Crippen LogP) is 19.5. The summed E-state index contributed by atoms with van der Waals surface area (Å²) < 4.78 is 7.36. The van der Waals surface area contributed by atoms with Gasteiger partial charge in [0.15, 0.2) is 0 Å². The minimum atomic E-state index is -0.198. The second kappa shape index (κ2) is 16.1. The fourth-order valence-electron chi connectivity index (χ4n) is 11.8. The van der Waals surface area contributed by atoms with Crippen molar-refractivity contribution < 1.29 is 4.42 Å². The third-order valence-corrected chi connectivity index (χ3v) is 15.3. The standard InChI is InChI=1S/C69H47NO/c1-69(2)63-29-13-12-25-59(63)66-64(69)43-62(57-27-14-20-46-18-6-8-21-53(46)57)65-60-28-15-26-55(67(60)71-68(65)66)47-32-38-51(39-33-47)70(50-36-30-45(31-37-50)44-16-4-3-5-17-44)52-40-34-48(35-41-52)61-42-49-19-7-9-22-54(49)56-23-10-11-24-58(56)61/h3-43H,1-2H3. The van der Waals surface area contributed by atoms with Gasteiger partial charge in [-0.1, -0.05) is 214 Å². The Balaban J connectivity index is 0.912. The maximum atomic E-state index is 7.36. The Morgan fingerprint density at radius 3 is 1.55 bits per heavy atom. The van der Waals surface area contributed by atoms with E-state index in [0.29, 0.717) is 0 Å². The highest BCUT2D eigenvalue weighted by atomic mass is 16.3. The van der Waals surface area contributed by atoms with Crippen molar-refractivity contribution >= 4 is 71.3 Å². The van der Waals surface area contributed by atoms with E-state index >= 15 is 0 Å². The molecule has 0 fully saturated rings. The van der Waals surface area contributed by atoms with Gasteiger partial charge in [0.05, 0.1) is 0 Å². The number of para-hydroxylation sites is 1. The Bertz CT molecular complexity index is 4210. The van der Waals surface area contributed by atoms with Gasteiger partial charge in [-0.25, -0.2) is 0 Å². The fraction of sp³-hybridized carbons (Fsp3) is 0.0435. The van der Waals surface area contributed by atoms with Gasteiger partial charge in [0, 0.05) is 44.4 Å². The third kappa shape index (κ3) is 6.49. The van der Waals surface area contributed by atoms with Crippen LogP contribution in [0, 0.1) is 0 Å². The zero-order valence-corrected chi connectivity index (χ0v) is 39.5. The van der Waals surface area contributed by atoms with Crippen molar-refractivity contribution in [3.8, 4) is 55.6 Å². The smallest absolute Gasteiger partial charge is 0.144 e. The van der Waals surface area contributed by atoms with Gasteiger partial charge in [-0.3, -0.25) is 0 Å². The first kappa shape index (κ1) is 41.0. The van der Waals surface area contributed by atoms with Gasteiger partial charge in [-0.15, -0.1) is 0 Å². The van der Waals surface area contributed by atoms with Crippen LogP contribution in [-0.2, 0) is 5.41 Å². The molecule has 0 saturated carbocycles. The summed E-state index contributed by atoms with van der Waals surface area (Å²) in [7, 11) is 0. The SMILES string of the molecule is CC1(C)c2ccccc2-c2c1cc(-c1cccc3ccccc13)c1c2oc2c(-c3ccc(N(c4ccc(-c5ccccc5)cc4)c4ccc(-c5cc6ccccc6c6ccccc56)cc4)cc3)cccc21. The number of hydrogen-bond donors (Lipinski definition) is 0. The van der Waals surface area contributed by atoms with Gasteiger partial charge >= 0.3 is 0 Å². The molecule has 1 aliphatic carbocycles. The molecule has 12 aromatic carbocycles. The molecule has 334 valence electrons. The second-order valence-electron chi connectivity index (χ2n) is 19.6. The lowest BCUT2D eigenvalue weighted by molar-refractivity contribution is 0.654. The quantitative estimate of drug-likeness (QED) is 0.148. The molecule has 0 atom stereocenters. The van der Waals surface area contributed by atoms with Crippen LogP contribution in [0.4, 0.5) is 17.1 Å². The normalized spacial score (nSPS) is 12.8. The van der Waals surface area contributed by atoms with Gasteiger partial charge < -0.3 is 9.32 Å². The van der Waals surface area contributed by atoms with Crippen LogP contribution in [0.3, 0.4) is 0 Å². The van der Waals surface area contributed by atoms with Crippen molar-refractivity contribution in [3.63, 3.8) is 0 Å². The fourth-order valence-corrected chi connectivity index (χ4v) is 11.8. The van der Waals surface area contributed by atoms with Crippen LogP contribution in [0.15, 0.2) is 253 Å². The molecule has 1 aromatic heterocycles. The summed E-state index contributed by atoms with van der Waals surface area (Å²) in [6.45, 7) is 4.71. The number of rotatable bonds is 7. The Morgan fingerprint density at radius 2 is 0.817 bits per heavy atom. The number of nitrogens with zero attached hydrogens (tertiary/aromatic N) is 1. The zero-order valence-electron chi connectivity index (χ0n) is 39.5. The first-order valence-corrected chi connectivity index (χ1v) is 24.7. The van der Waals surface area contributed by atoms with E-state index in [4.69, 9.17) is 4.42 Å². The molecular weight excluding hydrogens is 859 g/mol. The van der Waals surface area contributed by atoms with Gasteiger partial charge in [0.1, 0.15) is 11.2 Å². The van der Waals surface area contributed by atoms with Crippen molar-refractivity contribution in [3.05, 3.63) is 260 Å². The summed E-state index contributed by atoms with van der Waals surface area (Å²) in [4.78, 5) is 2.36. The van der Waals surface area contributed by atoms with Gasteiger partial charge in [-0.2, -0.15) is 0 Å². The lowest BCUT2D eigenvalue weighted by Gasteiger charge is -2.26. The van der Waals surface area contributed by atoms with Gasteiger partial charge in [0.25, 0.3) is 0 Å². The number of furan rings is 1. The van der Waals surface area contributed by atoms with Crippen LogP contribution in [0.25, 0.3) is 110 Å². The molecule has 0 N–H and O–H groups in total. The topological polar surface area (TPSA) is 16.4 Å². The molecule has 1 heterocycles. The molecule has 0 spiro atoms. The van der Waals surface area contributed by atoms with Crippen molar-refractivity contribution in [2.45, 2.75) is 19.3 Å². The van der Waals surface area contributed by atoms with Gasteiger partial charge in [-0.05, 0) is 136 Å². The highest BCUT2D eigenvalue weighted by Crippen LogP contribution is 2.56. The Labute approximate surface area is 413 Å². The minimum Gasteiger partial charge on any atom is -0.455 e. The average molecular weight is 906 g/mol. The Kier molecular flexibility index (Phi) is 9.28. The van der Waals surface area contributed by atoms with Crippen LogP contribution >= 0.6 is 0 Å². The number of fused-ring (bicyclic) bond motifs is 11. The van der Waals surface area contributed by atoms with E-state index in [1.54, 1.807) is 0 Å². The molecule has 14 rings (SSSR count). The van der Waals surface area contributed by atoms with E-state index in [1.807, 2.05) is 0 Å². The predicted molar refractivity (Wildman–Crippen MR) is 300 cm³/mol. The molecule has 0 aliphatic heterocycles. The summed E-state index contributed by atoms with van der Waals surface area (Å²) in [6.07, 6.45) is 0. The molecular formula is C69H47NO. The molecule has 13 aromatic rings. The third-order valence-electron chi connectivity index (χ3n) is 15.3. The van der Waals surface area contributed by atoms with Crippen LogP contribution < -0.4 is 4.90 Å². The minimum absolute atomic E-state index is 0.198. The van der Waals surface area contributed by atoms with E-state index in [0.717, 1.165) is 50.1 Å². The first-order valence-electron chi connectivity index (χ1n) is 24.7. The second-order valence-corrected chi connectivity index (χ2v) is 19.6. The maximum Gasteiger partial charge on any atom is 0.144 e. The van der Waals surface area contributed by atoms with E-state index in [9.17, 15) is 0 Å². The van der Waals surface area contributed by atoms with E-state index in [2.05, 4.69) is 267 Å². The molecule has 2 heteroatoms. The summed E-state index contributed by atoms with van der Waals surface area (Å²) in [6, 6.07) is 90.8. The van der Waals surface area contributed by atoms with Crippen LogP contribution in [0.1, 0.15) is 25.0 Å². The average Bonchev–Trinajstić information content (AvgIpc) is 3.93. The number of benzene rings is 12. The molecule has 2 nitrogen and oxygen atoms in total. The van der Waals surface area contributed by atoms with E-state index in [-0.39, 0.29) is 5.41 Å². The van der Waals surface area contributed by atoms with Crippen molar-refractivity contribution in [2.75, 3.05) is 4.90 Å². The molecule has 0 saturated heterocycles. The lowest BCUT2D eigenvalue weighted by Crippen LogP contribution is -2.15. The zero-order chi connectivity index (χ0) is 47.2. The molecule has 0 unspecified atom stereocenters.